The minimum absolute atomic E-state index is 0.0516. The molecule has 1 fully saturated rings. The fourth-order valence-corrected chi connectivity index (χ4v) is 2.03. The number of piperidine rings is 1. The van der Waals surface area contributed by atoms with Gasteiger partial charge < -0.3 is 15.4 Å². The summed E-state index contributed by atoms with van der Waals surface area (Å²) in [5, 5.41) is 5.47. The molecule has 1 aromatic carbocycles. The van der Waals surface area contributed by atoms with Gasteiger partial charge in [-0.05, 0) is 17.9 Å². The number of benzene rings is 1. The Kier molecular flexibility index (Phi) is 4.78. The maximum atomic E-state index is 11.5. The maximum absolute atomic E-state index is 11.5. The molecule has 2 amide bonds. The molecule has 5 heteroatoms. The van der Waals surface area contributed by atoms with Crippen LogP contribution in [0.2, 0.25) is 0 Å². The molecule has 0 saturated carbocycles. The molecule has 2 N–H and O–H groups in total. The van der Waals surface area contributed by atoms with E-state index in [9.17, 15) is 9.59 Å². The van der Waals surface area contributed by atoms with Crippen molar-refractivity contribution < 1.29 is 14.3 Å². The summed E-state index contributed by atoms with van der Waals surface area (Å²) in [5.41, 5.74) is 0.953. The predicted octanol–water partition coefficient (Wildman–Crippen LogP) is 1.44. The zero-order chi connectivity index (χ0) is 13.5. The van der Waals surface area contributed by atoms with Crippen LogP contribution in [0.1, 0.15) is 18.4 Å². The summed E-state index contributed by atoms with van der Waals surface area (Å²) in [5.74, 6) is 0.258. The number of alkyl carbamates (subject to hydrolysis) is 1. The van der Waals surface area contributed by atoms with Crippen LogP contribution in [0.5, 0.6) is 0 Å². The molecule has 0 bridgehead atoms. The van der Waals surface area contributed by atoms with Crippen molar-refractivity contribution >= 4 is 12.0 Å². The van der Waals surface area contributed by atoms with Crippen molar-refractivity contribution in [1.82, 2.24) is 10.6 Å². The Morgan fingerprint density at radius 3 is 2.89 bits per heavy atom. The van der Waals surface area contributed by atoms with Gasteiger partial charge in [0.1, 0.15) is 6.61 Å². The third-order valence-electron chi connectivity index (χ3n) is 3.10. The topological polar surface area (TPSA) is 67.4 Å². The van der Waals surface area contributed by atoms with E-state index in [1.165, 1.54) is 0 Å². The normalized spacial score (nSPS) is 18.5. The van der Waals surface area contributed by atoms with Crippen LogP contribution in [-0.2, 0) is 16.1 Å². The molecule has 0 aromatic heterocycles. The van der Waals surface area contributed by atoms with Gasteiger partial charge in [0.25, 0.3) is 0 Å². The second-order valence-corrected chi connectivity index (χ2v) is 4.65. The Hall–Kier alpha value is -2.04. The Bertz CT molecular complexity index is 434. The van der Waals surface area contributed by atoms with E-state index in [1.54, 1.807) is 0 Å². The number of carbonyl (C=O) groups is 2. The SMILES string of the molecule is O=C1CC(CNC(=O)OCc2ccccc2)CCN1. The van der Waals surface area contributed by atoms with Crippen LogP contribution >= 0.6 is 0 Å². The number of nitrogens with one attached hydrogen (secondary N) is 2. The standard InChI is InChI=1S/C14H18N2O3/c17-13-8-12(6-7-15-13)9-16-14(18)19-10-11-4-2-1-3-5-11/h1-5,12H,6-10H2,(H,15,17)(H,16,18). The maximum Gasteiger partial charge on any atom is 0.407 e. The highest BCUT2D eigenvalue weighted by atomic mass is 16.5. The molecule has 1 aromatic rings. The lowest BCUT2D eigenvalue weighted by atomic mass is 9.98. The van der Waals surface area contributed by atoms with Crippen molar-refractivity contribution in [1.29, 1.82) is 0 Å². The number of amides is 2. The summed E-state index contributed by atoms with van der Waals surface area (Å²) in [6.45, 7) is 1.43. The Morgan fingerprint density at radius 2 is 2.16 bits per heavy atom. The smallest absolute Gasteiger partial charge is 0.407 e. The van der Waals surface area contributed by atoms with Crippen LogP contribution in [-0.4, -0.2) is 25.1 Å². The van der Waals surface area contributed by atoms with Gasteiger partial charge in [-0.3, -0.25) is 4.79 Å². The molecular weight excluding hydrogens is 244 g/mol. The molecule has 5 nitrogen and oxygen atoms in total. The van der Waals surface area contributed by atoms with E-state index in [-0.39, 0.29) is 18.4 Å². The first-order valence-corrected chi connectivity index (χ1v) is 6.45. The van der Waals surface area contributed by atoms with Crippen LogP contribution in [0.3, 0.4) is 0 Å². The summed E-state index contributed by atoms with van der Waals surface area (Å²) in [6, 6.07) is 9.52. The van der Waals surface area contributed by atoms with Crippen molar-refractivity contribution in [2.45, 2.75) is 19.4 Å². The lowest BCUT2D eigenvalue weighted by Crippen LogP contribution is -2.39. The van der Waals surface area contributed by atoms with Crippen LogP contribution in [0.4, 0.5) is 4.79 Å². The molecule has 1 aliphatic rings. The van der Waals surface area contributed by atoms with Crippen LogP contribution < -0.4 is 10.6 Å². The fourth-order valence-electron chi connectivity index (χ4n) is 2.03. The van der Waals surface area contributed by atoms with Gasteiger partial charge in [-0.25, -0.2) is 4.79 Å². The molecule has 1 heterocycles. The van der Waals surface area contributed by atoms with E-state index in [0.717, 1.165) is 12.0 Å². The zero-order valence-corrected chi connectivity index (χ0v) is 10.7. The number of rotatable bonds is 4. The van der Waals surface area contributed by atoms with Gasteiger partial charge in [-0.2, -0.15) is 0 Å². The molecule has 0 radical (unpaired) electrons. The highest BCUT2D eigenvalue weighted by molar-refractivity contribution is 5.77. The molecule has 1 unspecified atom stereocenters. The quantitative estimate of drug-likeness (QED) is 0.862. The molecule has 19 heavy (non-hydrogen) atoms. The highest BCUT2D eigenvalue weighted by Crippen LogP contribution is 2.11. The summed E-state index contributed by atoms with van der Waals surface area (Å²) in [4.78, 5) is 22.7. The molecular formula is C14H18N2O3. The third-order valence-corrected chi connectivity index (χ3v) is 3.10. The van der Waals surface area contributed by atoms with Crippen LogP contribution in [0.25, 0.3) is 0 Å². The van der Waals surface area contributed by atoms with Gasteiger partial charge in [-0.1, -0.05) is 30.3 Å². The molecule has 2 rings (SSSR count). The van der Waals surface area contributed by atoms with Gasteiger partial charge in [0.15, 0.2) is 0 Å². The summed E-state index contributed by atoms with van der Waals surface area (Å²) in [6.07, 6.45) is 0.929. The number of hydrogen-bond donors (Lipinski definition) is 2. The summed E-state index contributed by atoms with van der Waals surface area (Å²) in [7, 11) is 0. The van der Waals surface area contributed by atoms with Gasteiger partial charge in [0, 0.05) is 19.5 Å². The highest BCUT2D eigenvalue weighted by Gasteiger charge is 2.19. The first kappa shape index (κ1) is 13.4. The van der Waals surface area contributed by atoms with Gasteiger partial charge >= 0.3 is 6.09 Å². The van der Waals surface area contributed by atoms with Gasteiger partial charge in [0.05, 0.1) is 0 Å². The first-order valence-electron chi connectivity index (χ1n) is 6.45. The van der Waals surface area contributed by atoms with Crippen LogP contribution in [0, 0.1) is 5.92 Å². The Balaban J connectivity index is 1.66. The minimum atomic E-state index is -0.435. The fraction of sp³-hybridized carbons (Fsp3) is 0.429. The Labute approximate surface area is 112 Å². The second-order valence-electron chi connectivity index (χ2n) is 4.65. The van der Waals surface area contributed by atoms with Crippen molar-refractivity contribution in [2.24, 2.45) is 5.92 Å². The largest absolute Gasteiger partial charge is 0.445 e. The van der Waals surface area contributed by atoms with E-state index >= 15 is 0 Å². The van der Waals surface area contributed by atoms with Crippen molar-refractivity contribution in [3.8, 4) is 0 Å². The summed E-state index contributed by atoms with van der Waals surface area (Å²) < 4.78 is 5.10. The minimum Gasteiger partial charge on any atom is -0.445 e. The lowest BCUT2D eigenvalue weighted by Gasteiger charge is -2.21. The summed E-state index contributed by atoms with van der Waals surface area (Å²) >= 11 is 0. The van der Waals surface area contributed by atoms with E-state index in [0.29, 0.717) is 19.5 Å². The number of ether oxygens (including phenoxy) is 1. The van der Waals surface area contributed by atoms with Gasteiger partial charge in [-0.15, -0.1) is 0 Å². The van der Waals surface area contributed by atoms with E-state index in [2.05, 4.69) is 10.6 Å². The van der Waals surface area contributed by atoms with Crippen molar-refractivity contribution in [3.63, 3.8) is 0 Å². The van der Waals surface area contributed by atoms with Crippen molar-refractivity contribution in [3.05, 3.63) is 35.9 Å². The lowest BCUT2D eigenvalue weighted by molar-refractivity contribution is -0.123. The second kappa shape index (κ2) is 6.78. The molecule has 1 saturated heterocycles. The number of hydrogen-bond acceptors (Lipinski definition) is 3. The average molecular weight is 262 g/mol. The average Bonchev–Trinajstić information content (AvgIpc) is 2.44. The van der Waals surface area contributed by atoms with E-state index in [1.807, 2.05) is 30.3 Å². The predicted molar refractivity (Wildman–Crippen MR) is 70.4 cm³/mol. The monoisotopic (exact) mass is 262 g/mol. The number of carbonyl (C=O) groups excluding carboxylic acids is 2. The molecule has 0 aliphatic carbocycles. The zero-order valence-electron chi connectivity index (χ0n) is 10.7. The molecule has 1 aliphatic heterocycles. The van der Waals surface area contributed by atoms with Crippen LogP contribution in [0.15, 0.2) is 30.3 Å². The van der Waals surface area contributed by atoms with E-state index < -0.39 is 6.09 Å². The Morgan fingerprint density at radius 1 is 1.37 bits per heavy atom. The molecule has 102 valence electrons. The molecule has 0 spiro atoms. The van der Waals surface area contributed by atoms with E-state index in [4.69, 9.17) is 4.74 Å². The van der Waals surface area contributed by atoms with Crippen molar-refractivity contribution in [2.75, 3.05) is 13.1 Å². The van der Waals surface area contributed by atoms with Gasteiger partial charge in [0.2, 0.25) is 5.91 Å². The first-order chi connectivity index (χ1) is 9.24. The third kappa shape index (κ3) is 4.62. The molecule has 1 atom stereocenters.